The van der Waals surface area contributed by atoms with E-state index in [1.165, 1.54) is 57.8 Å². The van der Waals surface area contributed by atoms with Crippen LogP contribution in [0.25, 0.3) is 0 Å². The third-order valence-electron chi connectivity index (χ3n) is 7.58. The first-order valence-electron chi connectivity index (χ1n) is 8.59. The molecule has 1 N–H and O–H groups in total. The molecular formula is C17H25NO. The van der Waals surface area contributed by atoms with Crippen LogP contribution in [0.5, 0.6) is 0 Å². The van der Waals surface area contributed by atoms with Gasteiger partial charge in [0.25, 0.3) is 0 Å². The van der Waals surface area contributed by atoms with E-state index in [2.05, 4.69) is 5.32 Å². The van der Waals surface area contributed by atoms with Gasteiger partial charge in [0, 0.05) is 6.04 Å². The lowest BCUT2D eigenvalue weighted by molar-refractivity contribution is -0.162. The van der Waals surface area contributed by atoms with Crippen molar-refractivity contribution in [1.82, 2.24) is 5.32 Å². The first-order chi connectivity index (χ1) is 9.28. The zero-order chi connectivity index (χ0) is 12.6. The lowest BCUT2D eigenvalue weighted by Crippen LogP contribution is -2.58. The average Bonchev–Trinajstić information content (AvgIpc) is 2.68. The molecule has 0 aromatic rings. The Hall–Kier alpha value is -0.530. The van der Waals surface area contributed by atoms with Gasteiger partial charge in [-0.25, -0.2) is 0 Å². The molecule has 6 aliphatic rings. The highest BCUT2D eigenvalue weighted by molar-refractivity contribution is 5.87. The van der Waals surface area contributed by atoms with Gasteiger partial charge in [-0.3, -0.25) is 4.79 Å². The Bertz CT molecular complexity index is 401. The monoisotopic (exact) mass is 259 g/mol. The Morgan fingerprint density at radius 1 is 0.895 bits per heavy atom. The topological polar surface area (TPSA) is 29.1 Å². The smallest absolute Gasteiger partial charge is 0.227 e. The van der Waals surface area contributed by atoms with Crippen LogP contribution in [0, 0.1) is 35.0 Å². The fourth-order valence-electron chi connectivity index (χ4n) is 7.28. The van der Waals surface area contributed by atoms with Gasteiger partial charge in [0.05, 0.1) is 5.41 Å². The molecule has 0 aromatic heterocycles. The summed E-state index contributed by atoms with van der Waals surface area (Å²) in [6.07, 6.45) is 12.3. The van der Waals surface area contributed by atoms with Crippen molar-refractivity contribution in [1.29, 1.82) is 0 Å². The summed E-state index contributed by atoms with van der Waals surface area (Å²) in [5, 5.41) is 3.44. The summed E-state index contributed by atoms with van der Waals surface area (Å²) in [7, 11) is 0. The van der Waals surface area contributed by atoms with Gasteiger partial charge in [0.1, 0.15) is 0 Å². The molecule has 0 aromatic carbocycles. The lowest BCUT2D eigenvalue weighted by atomic mass is 9.42. The van der Waals surface area contributed by atoms with E-state index >= 15 is 0 Å². The second-order valence-corrected chi connectivity index (χ2v) is 8.21. The molecule has 1 amide bonds. The second-order valence-electron chi connectivity index (χ2n) is 8.21. The molecule has 2 heteroatoms. The second kappa shape index (κ2) is 3.56. The molecule has 4 bridgehead atoms. The summed E-state index contributed by atoms with van der Waals surface area (Å²) in [5.41, 5.74) is 0.0957. The van der Waals surface area contributed by atoms with Crippen molar-refractivity contribution in [3.8, 4) is 0 Å². The number of nitrogens with one attached hydrogen (secondary N) is 1. The summed E-state index contributed by atoms with van der Waals surface area (Å²) >= 11 is 0. The minimum absolute atomic E-state index is 0.0957. The quantitative estimate of drug-likeness (QED) is 0.711. The van der Waals surface area contributed by atoms with Crippen molar-refractivity contribution in [2.24, 2.45) is 35.0 Å². The highest BCUT2D eigenvalue weighted by Crippen LogP contribution is 2.67. The van der Waals surface area contributed by atoms with Crippen LogP contribution in [0.2, 0.25) is 0 Å². The van der Waals surface area contributed by atoms with Crippen molar-refractivity contribution in [2.75, 3.05) is 0 Å². The first-order valence-corrected chi connectivity index (χ1v) is 8.59. The Balaban J connectivity index is 1.60. The maximum atomic E-state index is 12.9. The van der Waals surface area contributed by atoms with Crippen LogP contribution in [0.1, 0.15) is 57.8 Å². The molecule has 5 saturated carbocycles. The highest BCUT2D eigenvalue weighted by Gasteiger charge is 2.67. The van der Waals surface area contributed by atoms with Crippen molar-refractivity contribution in [3.63, 3.8) is 0 Å². The first kappa shape index (κ1) is 11.2. The zero-order valence-corrected chi connectivity index (χ0v) is 11.7. The standard InChI is InChI=1S/C17H25NO/c19-16-17(14-3-1-2-4-15(14)18-16)12-6-10-5-11(8-12)9-13(17)7-10/h10-15H,1-9H2,(H,18,19). The Kier molecular flexibility index (Phi) is 2.09. The molecule has 1 spiro atoms. The summed E-state index contributed by atoms with van der Waals surface area (Å²) in [6, 6.07) is 0.541. The SMILES string of the molecule is O=C1NC2CCCCC2C12C1CC3CC(C1)CC2C3. The van der Waals surface area contributed by atoms with Gasteiger partial charge >= 0.3 is 0 Å². The molecule has 2 unspecified atom stereocenters. The van der Waals surface area contributed by atoms with E-state index in [1.807, 2.05) is 0 Å². The number of fused-ring (bicyclic) bond motifs is 1. The van der Waals surface area contributed by atoms with Crippen LogP contribution in [0.15, 0.2) is 0 Å². The number of hydrogen-bond acceptors (Lipinski definition) is 1. The Labute approximate surface area is 115 Å². The minimum atomic E-state index is 0.0957. The van der Waals surface area contributed by atoms with E-state index in [-0.39, 0.29) is 5.41 Å². The van der Waals surface area contributed by atoms with E-state index in [1.54, 1.807) is 0 Å². The number of carbonyl (C=O) groups excluding carboxylic acids is 1. The number of carbonyl (C=O) groups is 1. The summed E-state index contributed by atoms with van der Waals surface area (Å²) in [5.74, 6) is 4.63. The normalized spacial score (nSPS) is 58.4. The molecule has 1 aliphatic heterocycles. The van der Waals surface area contributed by atoms with E-state index in [4.69, 9.17) is 0 Å². The van der Waals surface area contributed by atoms with Gasteiger partial charge in [-0.2, -0.15) is 0 Å². The van der Waals surface area contributed by atoms with E-state index in [9.17, 15) is 4.79 Å². The average molecular weight is 259 g/mol. The number of rotatable bonds is 0. The summed E-state index contributed by atoms with van der Waals surface area (Å²) < 4.78 is 0. The van der Waals surface area contributed by atoms with Gasteiger partial charge < -0.3 is 5.32 Å². The molecular weight excluding hydrogens is 234 g/mol. The Morgan fingerprint density at radius 2 is 1.53 bits per heavy atom. The largest absolute Gasteiger partial charge is 0.353 e. The predicted octanol–water partition coefficient (Wildman–Crippen LogP) is 3.12. The van der Waals surface area contributed by atoms with Crippen molar-refractivity contribution >= 4 is 5.91 Å². The number of hydrogen-bond donors (Lipinski definition) is 1. The van der Waals surface area contributed by atoms with Gasteiger partial charge in [-0.05, 0) is 74.5 Å². The maximum Gasteiger partial charge on any atom is 0.227 e. The van der Waals surface area contributed by atoms with E-state index in [0.29, 0.717) is 17.9 Å². The summed E-state index contributed by atoms with van der Waals surface area (Å²) in [4.78, 5) is 12.9. The Morgan fingerprint density at radius 3 is 2.21 bits per heavy atom. The van der Waals surface area contributed by atoms with Crippen molar-refractivity contribution in [2.45, 2.75) is 63.8 Å². The molecule has 1 saturated heterocycles. The zero-order valence-electron chi connectivity index (χ0n) is 11.7. The fourth-order valence-corrected chi connectivity index (χ4v) is 7.28. The van der Waals surface area contributed by atoms with Crippen LogP contribution < -0.4 is 5.32 Å². The van der Waals surface area contributed by atoms with Gasteiger partial charge in [0.2, 0.25) is 5.91 Å². The van der Waals surface area contributed by atoms with Crippen LogP contribution in [0.4, 0.5) is 0 Å². The third kappa shape index (κ3) is 1.22. The summed E-state index contributed by atoms with van der Waals surface area (Å²) in [6.45, 7) is 0. The molecule has 2 nitrogen and oxygen atoms in total. The van der Waals surface area contributed by atoms with Crippen molar-refractivity contribution < 1.29 is 4.79 Å². The van der Waals surface area contributed by atoms with Gasteiger partial charge in [-0.15, -0.1) is 0 Å². The van der Waals surface area contributed by atoms with Crippen LogP contribution in [-0.4, -0.2) is 11.9 Å². The lowest BCUT2D eigenvalue weighted by Gasteiger charge is -2.61. The minimum Gasteiger partial charge on any atom is -0.353 e. The van der Waals surface area contributed by atoms with Crippen LogP contribution in [0.3, 0.4) is 0 Å². The van der Waals surface area contributed by atoms with Crippen molar-refractivity contribution in [3.05, 3.63) is 0 Å². The molecule has 104 valence electrons. The number of amides is 1. The van der Waals surface area contributed by atoms with Gasteiger partial charge in [-0.1, -0.05) is 12.8 Å². The molecule has 2 atom stereocenters. The molecule has 6 rings (SSSR count). The van der Waals surface area contributed by atoms with Gasteiger partial charge in [0.15, 0.2) is 0 Å². The molecule has 0 radical (unpaired) electrons. The van der Waals surface area contributed by atoms with Crippen LogP contribution in [-0.2, 0) is 4.79 Å². The molecule has 19 heavy (non-hydrogen) atoms. The fraction of sp³-hybridized carbons (Fsp3) is 0.941. The third-order valence-corrected chi connectivity index (χ3v) is 7.58. The molecule has 1 heterocycles. The predicted molar refractivity (Wildman–Crippen MR) is 73.4 cm³/mol. The van der Waals surface area contributed by atoms with Crippen LogP contribution >= 0.6 is 0 Å². The van der Waals surface area contributed by atoms with E-state index in [0.717, 1.165) is 23.7 Å². The highest BCUT2D eigenvalue weighted by atomic mass is 16.2. The maximum absolute atomic E-state index is 12.9. The van der Waals surface area contributed by atoms with E-state index < -0.39 is 0 Å². The molecule has 5 aliphatic carbocycles. The molecule has 6 fully saturated rings.